The van der Waals surface area contributed by atoms with Gasteiger partial charge < -0.3 is 5.32 Å². The van der Waals surface area contributed by atoms with Gasteiger partial charge in [-0.05, 0) is 36.6 Å². The molecule has 1 aliphatic rings. The first-order chi connectivity index (χ1) is 11.1. The van der Waals surface area contributed by atoms with E-state index >= 15 is 0 Å². The molecule has 4 heteroatoms. The normalized spacial score (nSPS) is 17.6. The summed E-state index contributed by atoms with van der Waals surface area (Å²) in [4.78, 5) is 26.0. The molecule has 2 amide bonds. The van der Waals surface area contributed by atoms with Crippen LogP contribution >= 0.6 is 0 Å². The largest absolute Gasteiger partial charge is 0.373 e. The van der Waals surface area contributed by atoms with Crippen molar-refractivity contribution in [2.45, 2.75) is 25.8 Å². The van der Waals surface area contributed by atoms with Crippen LogP contribution in [0.25, 0.3) is 0 Å². The molecule has 1 heterocycles. The highest BCUT2D eigenvalue weighted by Crippen LogP contribution is 2.19. The number of hydrogen-bond donors (Lipinski definition) is 1. The van der Waals surface area contributed by atoms with Gasteiger partial charge >= 0.3 is 0 Å². The van der Waals surface area contributed by atoms with Gasteiger partial charge in [0.2, 0.25) is 5.91 Å². The highest BCUT2D eigenvalue weighted by atomic mass is 16.2. The Bertz CT molecular complexity index is 712. The number of rotatable bonds is 5. The van der Waals surface area contributed by atoms with Crippen molar-refractivity contribution in [3.8, 4) is 0 Å². The maximum atomic E-state index is 12.5. The number of benzene rings is 2. The molecular formula is C19H20N2O2. The molecule has 1 atom stereocenters. The van der Waals surface area contributed by atoms with Crippen molar-refractivity contribution in [2.75, 3.05) is 11.9 Å². The molecule has 4 nitrogen and oxygen atoms in total. The average Bonchev–Trinajstić information content (AvgIpc) is 2.80. The van der Waals surface area contributed by atoms with Gasteiger partial charge in [0.1, 0.15) is 6.04 Å². The van der Waals surface area contributed by atoms with Gasteiger partial charge in [-0.15, -0.1) is 0 Å². The predicted molar refractivity (Wildman–Crippen MR) is 90.1 cm³/mol. The van der Waals surface area contributed by atoms with E-state index in [1.807, 2.05) is 61.5 Å². The van der Waals surface area contributed by atoms with Gasteiger partial charge in [0.05, 0.1) is 6.42 Å². The lowest BCUT2D eigenvalue weighted by Crippen LogP contribution is -2.36. The fourth-order valence-corrected chi connectivity index (χ4v) is 2.85. The number of nitrogens with one attached hydrogen (secondary N) is 1. The summed E-state index contributed by atoms with van der Waals surface area (Å²) in [6.45, 7) is 2.44. The van der Waals surface area contributed by atoms with Gasteiger partial charge in [0, 0.05) is 12.2 Å². The molecule has 1 fully saturated rings. The van der Waals surface area contributed by atoms with Crippen LogP contribution < -0.4 is 5.32 Å². The van der Waals surface area contributed by atoms with Crippen LogP contribution in [0.15, 0.2) is 54.6 Å². The summed E-state index contributed by atoms with van der Waals surface area (Å²) in [5, 5.41) is 3.18. The number of likely N-dealkylation sites (tertiary alicyclic amines) is 1. The molecule has 0 bridgehead atoms. The summed E-state index contributed by atoms with van der Waals surface area (Å²) in [7, 11) is 0. The lowest BCUT2D eigenvalue weighted by atomic mass is 10.1. The molecule has 0 radical (unpaired) electrons. The van der Waals surface area contributed by atoms with Crippen molar-refractivity contribution in [3.63, 3.8) is 0 Å². The minimum Gasteiger partial charge on any atom is -0.373 e. The summed E-state index contributed by atoms with van der Waals surface area (Å²) >= 11 is 0. The van der Waals surface area contributed by atoms with Crippen LogP contribution in [0.4, 0.5) is 5.69 Å². The van der Waals surface area contributed by atoms with Gasteiger partial charge in [-0.2, -0.15) is 0 Å². The van der Waals surface area contributed by atoms with E-state index in [2.05, 4.69) is 5.32 Å². The second-order valence-corrected chi connectivity index (χ2v) is 5.89. The topological polar surface area (TPSA) is 49.4 Å². The van der Waals surface area contributed by atoms with Crippen molar-refractivity contribution in [1.29, 1.82) is 0 Å². The SMILES string of the molecule is Cc1cccc(N[C@H]2CC(=O)N(CCc3ccccc3)C2=O)c1. The first kappa shape index (κ1) is 15.3. The molecule has 23 heavy (non-hydrogen) atoms. The molecule has 118 valence electrons. The highest BCUT2D eigenvalue weighted by Gasteiger charge is 2.38. The minimum atomic E-state index is -0.458. The average molecular weight is 308 g/mol. The van der Waals surface area contributed by atoms with Crippen LogP contribution in [-0.2, 0) is 16.0 Å². The smallest absolute Gasteiger partial charge is 0.252 e. The Balaban J connectivity index is 1.63. The van der Waals surface area contributed by atoms with E-state index in [1.165, 1.54) is 4.90 Å². The molecule has 0 spiro atoms. The third kappa shape index (κ3) is 3.59. The van der Waals surface area contributed by atoms with Gasteiger partial charge in [-0.1, -0.05) is 42.5 Å². The molecule has 0 saturated carbocycles. The third-order valence-electron chi connectivity index (χ3n) is 4.07. The summed E-state index contributed by atoms with van der Waals surface area (Å²) in [6.07, 6.45) is 0.914. The van der Waals surface area contributed by atoms with E-state index < -0.39 is 6.04 Å². The van der Waals surface area contributed by atoms with Crippen LogP contribution in [0.5, 0.6) is 0 Å². The molecule has 1 aliphatic heterocycles. The van der Waals surface area contributed by atoms with E-state index in [1.54, 1.807) is 0 Å². The van der Waals surface area contributed by atoms with Crippen LogP contribution in [0.3, 0.4) is 0 Å². The van der Waals surface area contributed by atoms with Crippen molar-refractivity contribution < 1.29 is 9.59 Å². The summed E-state index contributed by atoms with van der Waals surface area (Å²) in [5.41, 5.74) is 3.12. The number of imide groups is 1. The number of carbonyl (C=O) groups excluding carboxylic acids is 2. The Hall–Kier alpha value is -2.62. The molecule has 0 aliphatic carbocycles. The first-order valence-electron chi connectivity index (χ1n) is 7.85. The van der Waals surface area contributed by atoms with Gasteiger partial charge in [-0.25, -0.2) is 0 Å². The summed E-state index contributed by atoms with van der Waals surface area (Å²) in [6, 6.07) is 17.3. The van der Waals surface area contributed by atoms with Crippen molar-refractivity contribution in [1.82, 2.24) is 4.90 Å². The Morgan fingerprint density at radius 2 is 1.87 bits per heavy atom. The van der Waals surface area contributed by atoms with Crippen molar-refractivity contribution in [3.05, 3.63) is 65.7 Å². The van der Waals surface area contributed by atoms with Gasteiger partial charge in [-0.3, -0.25) is 14.5 Å². The molecule has 1 saturated heterocycles. The molecule has 0 aromatic heterocycles. The predicted octanol–water partition coefficient (Wildman–Crippen LogP) is 2.78. The Morgan fingerprint density at radius 3 is 2.61 bits per heavy atom. The maximum Gasteiger partial charge on any atom is 0.252 e. The van der Waals surface area contributed by atoms with E-state index in [-0.39, 0.29) is 18.2 Å². The summed E-state index contributed by atoms with van der Waals surface area (Å²) in [5.74, 6) is -0.233. The van der Waals surface area contributed by atoms with Crippen LogP contribution in [-0.4, -0.2) is 29.3 Å². The molecule has 0 unspecified atom stereocenters. The standard InChI is InChI=1S/C19H20N2O2/c1-14-6-5-9-16(12-14)20-17-13-18(22)21(19(17)23)11-10-15-7-3-2-4-8-15/h2-9,12,17,20H,10-11,13H2,1H3/t17-/m0/s1. The quantitative estimate of drug-likeness (QED) is 0.864. The van der Waals surface area contributed by atoms with E-state index in [4.69, 9.17) is 0 Å². The monoisotopic (exact) mass is 308 g/mol. The van der Waals surface area contributed by atoms with E-state index in [0.717, 1.165) is 16.8 Å². The van der Waals surface area contributed by atoms with Gasteiger partial charge in [0.25, 0.3) is 5.91 Å². The third-order valence-corrected chi connectivity index (χ3v) is 4.07. The molecule has 3 rings (SSSR count). The van der Waals surface area contributed by atoms with Crippen LogP contribution in [0.2, 0.25) is 0 Å². The van der Waals surface area contributed by atoms with E-state index in [9.17, 15) is 9.59 Å². The maximum absolute atomic E-state index is 12.5. The Morgan fingerprint density at radius 1 is 1.09 bits per heavy atom. The first-order valence-corrected chi connectivity index (χ1v) is 7.85. The van der Waals surface area contributed by atoms with E-state index in [0.29, 0.717) is 13.0 Å². The number of amides is 2. The number of nitrogens with zero attached hydrogens (tertiary/aromatic N) is 1. The zero-order valence-electron chi connectivity index (χ0n) is 13.2. The Kier molecular flexibility index (Phi) is 4.42. The fraction of sp³-hybridized carbons (Fsp3) is 0.263. The van der Waals surface area contributed by atoms with Crippen LogP contribution in [0, 0.1) is 6.92 Å². The highest BCUT2D eigenvalue weighted by molar-refractivity contribution is 6.06. The Labute approximate surface area is 136 Å². The van der Waals surface area contributed by atoms with Gasteiger partial charge in [0.15, 0.2) is 0 Å². The number of aryl methyl sites for hydroxylation is 1. The van der Waals surface area contributed by atoms with Crippen molar-refractivity contribution >= 4 is 17.5 Å². The number of carbonyl (C=O) groups is 2. The second kappa shape index (κ2) is 6.65. The fourth-order valence-electron chi connectivity index (χ4n) is 2.85. The number of anilines is 1. The lowest BCUT2D eigenvalue weighted by Gasteiger charge is -2.16. The molecule has 2 aromatic rings. The molecular weight excluding hydrogens is 288 g/mol. The zero-order valence-corrected chi connectivity index (χ0v) is 13.2. The number of hydrogen-bond acceptors (Lipinski definition) is 3. The zero-order chi connectivity index (χ0) is 16.2. The minimum absolute atomic E-state index is 0.101. The molecule has 2 aromatic carbocycles. The lowest BCUT2D eigenvalue weighted by molar-refractivity contribution is -0.138. The second-order valence-electron chi connectivity index (χ2n) is 5.89. The van der Waals surface area contributed by atoms with Crippen LogP contribution in [0.1, 0.15) is 17.5 Å². The molecule has 1 N–H and O–H groups in total. The van der Waals surface area contributed by atoms with Crippen molar-refractivity contribution in [2.24, 2.45) is 0 Å². The summed E-state index contributed by atoms with van der Waals surface area (Å²) < 4.78 is 0.